The summed E-state index contributed by atoms with van der Waals surface area (Å²) in [7, 11) is 0. The van der Waals surface area contributed by atoms with E-state index >= 15 is 0 Å². The molecule has 3 nitrogen and oxygen atoms in total. The fraction of sp³-hybridized carbons (Fsp3) is 0.419. The van der Waals surface area contributed by atoms with Gasteiger partial charge in [0.2, 0.25) is 6.79 Å². The maximum absolute atomic E-state index is 9.35. The smallest absolute Gasteiger partial charge is 0.231 e. The van der Waals surface area contributed by atoms with Crippen LogP contribution in [0.4, 0.5) is 0 Å². The fourth-order valence-corrected chi connectivity index (χ4v) is 3.21. The Hall–Kier alpha value is -2.94. The number of rotatable bonds is 3. The normalized spacial score (nSPS) is 11.4. The van der Waals surface area contributed by atoms with Crippen molar-refractivity contribution in [3.63, 3.8) is 0 Å². The molecule has 0 aliphatic carbocycles. The number of fused-ring (bicyclic) bond motifs is 1. The maximum Gasteiger partial charge on any atom is 0.231 e. The van der Waals surface area contributed by atoms with Crippen LogP contribution in [0, 0.1) is 13.8 Å². The average Bonchev–Trinajstić information content (AvgIpc) is 3.24. The second-order valence-corrected chi connectivity index (χ2v) is 9.53. The van der Waals surface area contributed by atoms with E-state index in [1.807, 2.05) is 31.2 Å². The molecule has 186 valence electrons. The Kier molecular flexibility index (Phi) is 11.7. The van der Waals surface area contributed by atoms with Gasteiger partial charge in [0.15, 0.2) is 11.5 Å². The first kappa shape index (κ1) is 29.1. The van der Waals surface area contributed by atoms with Crippen molar-refractivity contribution in [2.24, 2.45) is 0 Å². The number of phenols is 1. The largest absolute Gasteiger partial charge is 0.508 e. The molecule has 1 aliphatic heterocycles. The van der Waals surface area contributed by atoms with E-state index in [1.54, 1.807) is 0 Å². The lowest BCUT2D eigenvalue weighted by atomic mass is 10.0. The number of aryl methyl sites for hydroxylation is 2. The lowest BCUT2D eigenvalue weighted by Crippen LogP contribution is -1.93. The van der Waals surface area contributed by atoms with Crippen LogP contribution in [0.2, 0.25) is 0 Å². The summed E-state index contributed by atoms with van der Waals surface area (Å²) in [6, 6.07) is 20.7. The first-order valence-corrected chi connectivity index (χ1v) is 11.8. The minimum absolute atomic E-state index is 0. The Bertz CT molecular complexity index is 1000. The molecule has 3 aromatic carbocycles. The standard InChI is InChI=1S/C10H12O2.C10H14O.C10H14.CH4/c1-7(2)8-3-4-9-10(5-8)12-6-11-9;1-7(2)9-5-4-8(3)10(11)6-9;1-8(2)10-6-4-9(3)5-7-10;/h3-5,7H,6H2,1-2H3;4-7,11H,1-3H3;4-8H,1-3H3;1H4. The third-order valence-electron chi connectivity index (χ3n) is 5.71. The van der Waals surface area contributed by atoms with Gasteiger partial charge < -0.3 is 14.6 Å². The van der Waals surface area contributed by atoms with Crippen molar-refractivity contribution in [2.75, 3.05) is 6.79 Å². The lowest BCUT2D eigenvalue weighted by molar-refractivity contribution is 0.174. The highest BCUT2D eigenvalue weighted by Gasteiger charge is 2.13. The Morgan fingerprint density at radius 1 is 0.618 bits per heavy atom. The van der Waals surface area contributed by atoms with Gasteiger partial charge >= 0.3 is 0 Å². The topological polar surface area (TPSA) is 38.7 Å². The Morgan fingerprint density at radius 2 is 1.09 bits per heavy atom. The molecule has 1 aliphatic rings. The average molecular weight is 465 g/mol. The summed E-state index contributed by atoms with van der Waals surface area (Å²) in [5.41, 5.74) is 6.18. The minimum atomic E-state index is 0. The lowest BCUT2D eigenvalue weighted by Gasteiger charge is -2.06. The summed E-state index contributed by atoms with van der Waals surface area (Å²) in [6.07, 6.45) is 0. The molecule has 0 aromatic heterocycles. The van der Waals surface area contributed by atoms with Crippen LogP contribution in [0.1, 0.15) is 94.5 Å². The van der Waals surface area contributed by atoms with E-state index in [0.717, 1.165) is 17.1 Å². The van der Waals surface area contributed by atoms with E-state index in [-0.39, 0.29) is 7.43 Å². The molecular formula is C31H44O3. The van der Waals surface area contributed by atoms with Gasteiger partial charge in [-0.25, -0.2) is 0 Å². The van der Waals surface area contributed by atoms with Crippen LogP contribution < -0.4 is 9.47 Å². The monoisotopic (exact) mass is 464 g/mol. The van der Waals surface area contributed by atoms with Crippen molar-refractivity contribution in [2.45, 2.75) is 80.6 Å². The molecular weight excluding hydrogens is 420 g/mol. The van der Waals surface area contributed by atoms with Crippen molar-refractivity contribution in [3.05, 3.63) is 88.5 Å². The third-order valence-corrected chi connectivity index (χ3v) is 5.71. The van der Waals surface area contributed by atoms with Crippen molar-refractivity contribution in [1.29, 1.82) is 0 Å². The number of hydrogen-bond acceptors (Lipinski definition) is 3. The maximum atomic E-state index is 9.35. The zero-order chi connectivity index (χ0) is 24.5. The molecule has 0 spiro atoms. The predicted octanol–water partition coefficient (Wildman–Crippen LogP) is 9.12. The summed E-state index contributed by atoms with van der Waals surface area (Å²) in [5, 5.41) is 9.35. The van der Waals surface area contributed by atoms with Gasteiger partial charge in [-0.05, 0) is 72.1 Å². The molecule has 3 heteroatoms. The Morgan fingerprint density at radius 3 is 1.62 bits per heavy atom. The van der Waals surface area contributed by atoms with Gasteiger partial charge in [0.05, 0.1) is 0 Å². The van der Waals surface area contributed by atoms with Crippen LogP contribution in [-0.2, 0) is 0 Å². The minimum Gasteiger partial charge on any atom is -0.508 e. The first-order chi connectivity index (χ1) is 15.6. The molecule has 3 aromatic rings. The van der Waals surface area contributed by atoms with E-state index in [2.05, 4.69) is 84.9 Å². The van der Waals surface area contributed by atoms with Crippen LogP contribution in [0.5, 0.6) is 17.2 Å². The van der Waals surface area contributed by atoms with E-state index in [1.165, 1.54) is 22.3 Å². The van der Waals surface area contributed by atoms with Gasteiger partial charge in [0.1, 0.15) is 5.75 Å². The van der Waals surface area contributed by atoms with Crippen molar-refractivity contribution < 1.29 is 14.6 Å². The van der Waals surface area contributed by atoms with Crippen molar-refractivity contribution in [1.82, 2.24) is 0 Å². The third kappa shape index (κ3) is 8.78. The second kappa shape index (κ2) is 13.7. The van der Waals surface area contributed by atoms with Crippen molar-refractivity contribution >= 4 is 0 Å². The molecule has 0 saturated heterocycles. The summed E-state index contributed by atoms with van der Waals surface area (Å²) in [6.45, 7) is 17.4. The molecule has 0 fully saturated rings. The number of hydrogen-bond donors (Lipinski definition) is 1. The van der Waals surface area contributed by atoms with Crippen molar-refractivity contribution in [3.8, 4) is 17.2 Å². The molecule has 0 amide bonds. The van der Waals surface area contributed by atoms with Gasteiger partial charge in [-0.3, -0.25) is 0 Å². The predicted molar refractivity (Wildman–Crippen MR) is 146 cm³/mol. The Balaban J connectivity index is 0.000000253. The molecule has 4 rings (SSSR count). The van der Waals surface area contributed by atoms with Gasteiger partial charge in [-0.2, -0.15) is 0 Å². The Labute approximate surface area is 207 Å². The summed E-state index contributed by atoms with van der Waals surface area (Å²) < 4.78 is 10.5. The molecule has 0 bridgehead atoms. The molecule has 0 radical (unpaired) electrons. The highest BCUT2D eigenvalue weighted by molar-refractivity contribution is 5.45. The zero-order valence-electron chi connectivity index (χ0n) is 21.5. The van der Waals surface area contributed by atoms with E-state index in [0.29, 0.717) is 30.3 Å². The van der Waals surface area contributed by atoms with Crippen LogP contribution in [0.3, 0.4) is 0 Å². The quantitative estimate of drug-likeness (QED) is 0.420. The second-order valence-electron chi connectivity index (χ2n) is 9.53. The molecule has 1 N–H and O–H groups in total. The van der Waals surface area contributed by atoms with Crippen LogP contribution in [0.15, 0.2) is 60.7 Å². The molecule has 34 heavy (non-hydrogen) atoms. The highest BCUT2D eigenvalue weighted by Crippen LogP contribution is 2.34. The van der Waals surface area contributed by atoms with Gasteiger partial charge in [-0.1, -0.05) is 97.0 Å². The first-order valence-electron chi connectivity index (χ1n) is 11.8. The van der Waals surface area contributed by atoms with Gasteiger partial charge in [0, 0.05) is 0 Å². The highest BCUT2D eigenvalue weighted by atomic mass is 16.7. The summed E-state index contributed by atoms with van der Waals surface area (Å²) in [4.78, 5) is 0. The SMILES string of the molecule is C.CC(C)c1ccc2c(c1)OCO2.Cc1ccc(C(C)C)cc1.Cc1ccc(C(C)C)cc1O. The van der Waals surface area contributed by atoms with Crippen LogP contribution in [0.25, 0.3) is 0 Å². The van der Waals surface area contributed by atoms with E-state index < -0.39 is 0 Å². The summed E-state index contributed by atoms with van der Waals surface area (Å²) >= 11 is 0. The van der Waals surface area contributed by atoms with Crippen LogP contribution >= 0.6 is 0 Å². The number of ether oxygens (including phenoxy) is 2. The van der Waals surface area contributed by atoms with E-state index in [4.69, 9.17) is 9.47 Å². The summed E-state index contributed by atoms with van der Waals surface area (Å²) in [5.74, 6) is 3.82. The molecule has 0 unspecified atom stereocenters. The van der Waals surface area contributed by atoms with Gasteiger partial charge in [-0.15, -0.1) is 0 Å². The molecule has 0 atom stereocenters. The van der Waals surface area contributed by atoms with Gasteiger partial charge in [0.25, 0.3) is 0 Å². The fourth-order valence-electron chi connectivity index (χ4n) is 3.21. The number of benzene rings is 3. The number of phenolic OH excluding ortho intramolecular Hbond substituents is 1. The number of aromatic hydroxyl groups is 1. The zero-order valence-corrected chi connectivity index (χ0v) is 21.5. The molecule has 1 heterocycles. The molecule has 0 saturated carbocycles. The van der Waals surface area contributed by atoms with Crippen LogP contribution in [-0.4, -0.2) is 11.9 Å². The van der Waals surface area contributed by atoms with E-state index in [9.17, 15) is 5.11 Å².